The van der Waals surface area contributed by atoms with Crippen molar-refractivity contribution in [3.05, 3.63) is 36.4 Å². The minimum atomic E-state index is 0.977. The molecule has 0 saturated carbocycles. The molecule has 0 aromatic carbocycles. The minimum Gasteiger partial charge on any atom is -0.265 e. The Kier molecular flexibility index (Phi) is 2.53. The molecule has 0 spiro atoms. The lowest BCUT2D eigenvalue weighted by Gasteiger charge is -1.96. The van der Waals surface area contributed by atoms with E-state index in [0.29, 0.717) is 0 Å². The number of rotatable bonds is 3. The lowest BCUT2D eigenvalue weighted by Crippen LogP contribution is -1.94. The van der Waals surface area contributed by atoms with Crippen LogP contribution in [0.25, 0.3) is 5.69 Å². The van der Waals surface area contributed by atoms with Crippen molar-refractivity contribution in [3.8, 4) is 5.69 Å². The van der Waals surface area contributed by atoms with Crippen molar-refractivity contribution >= 4 is 0 Å². The van der Waals surface area contributed by atoms with Crippen LogP contribution in [0.1, 0.15) is 19.0 Å². The molecule has 4 heteroatoms. The second-order valence-electron chi connectivity index (χ2n) is 3.11. The highest BCUT2D eigenvalue weighted by Crippen LogP contribution is 2.05. The van der Waals surface area contributed by atoms with Crippen LogP contribution in [0.15, 0.2) is 30.7 Å². The number of nitrogens with zero attached hydrogens (tertiary/aromatic N) is 4. The molecule has 0 radical (unpaired) electrons. The Labute approximate surface area is 82.6 Å². The van der Waals surface area contributed by atoms with E-state index in [0.717, 1.165) is 24.2 Å². The highest BCUT2D eigenvalue weighted by atomic mass is 15.4. The van der Waals surface area contributed by atoms with Gasteiger partial charge in [-0.1, -0.05) is 18.6 Å². The van der Waals surface area contributed by atoms with Crippen LogP contribution in [0.3, 0.4) is 0 Å². The van der Waals surface area contributed by atoms with Crippen molar-refractivity contribution in [2.24, 2.45) is 0 Å². The van der Waals surface area contributed by atoms with E-state index < -0.39 is 0 Å². The highest BCUT2D eigenvalue weighted by Gasteiger charge is 2.00. The zero-order chi connectivity index (χ0) is 9.80. The molecule has 2 rings (SSSR count). The first kappa shape index (κ1) is 8.87. The Morgan fingerprint density at radius 3 is 2.79 bits per heavy atom. The number of aromatic nitrogens is 4. The van der Waals surface area contributed by atoms with Crippen LogP contribution < -0.4 is 0 Å². The summed E-state index contributed by atoms with van der Waals surface area (Å²) in [6.45, 7) is 2.13. The Hall–Kier alpha value is -1.71. The molecule has 0 atom stereocenters. The Balaban J connectivity index is 2.25. The molecule has 0 unspecified atom stereocenters. The smallest absolute Gasteiger partial charge is 0.0831 e. The van der Waals surface area contributed by atoms with Crippen LogP contribution in [-0.2, 0) is 6.42 Å². The SMILES string of the molecule is CCCc1cn(-c2ccncc2)nn1. The number of hydrogen-bond donors (Lipinski definition) is 0. The molecule has 14 heavy (non-hydrogen) atoms. The normalized spacial score (nSPS) is 10.4. The maximum atomic E-state index is 4.07. The monoisotopic (exact) mass is 188 g/mol. The van der Waals surface area contributed by atoms with Crippen LogP contribution >= 0.6 is 0 Å². The van der Waals surface area contributed by atoms with Gasteiger partial charge in [0.05, 0.1) is 17.6 Å². The highest BCUT2D eigenvalue weighted by molar-refractivity contribution is 5.27. The molecule has 0 aliphatic carbocycles. The first-order chi connectivity index (χ1) is 6.90. The molecular weight excluding hydrogens is 176 g/mol. The minimum absolute atomic E-state index is 0.977. The van der Waals surface area contributed by atoms with Gasteiger partial charge in [0, 0.05) is 12.4 Å². The molecule has 0 bridgehead atoms. The summed E-state index contributed by atoms with van der Waals surface area (Å²) in [6.07, 6.45) is 7.52. The summed E-state index contributed by atoms with van der Waals surface area (Å²) in [5.41, 5.74) is 2.03. The molecule has 72 valence electrons. The lowest BCUT2D eigenvalue weighted by molar-refractivity contribution is 0.790. The zero-order valence-corrected chi connectivity index (χ0v) is 8.09. The molecular formula is C10H12N4. The average molecular weight is 188 g/mol. The molecule has 0 N–H and O–H groups in total. The number of pyridine rings is 1. The summed E-state index contributed by atoms with van der Waals surface area (Å²) in [4.78, 5) is 3.95. The van der Waals surface area contributed by atoms with E-state index in [-0.39, 0.29) is 0 Å². The van der Waals surface area contributed by atoms with Crippen LogP contribution in [0, 0.1) is 0 Å². The van der Waals surface area contributed by atoms with Crippen molar-refractivity contribution in [1.82, 2.24) is 20.0 Å². The lowest BCUT2D eigenvalue weighted by atomic mass is 10.3. The average Bonchev–Trinajstić information content (AvgIpc) is 2.68. The molecule has 0 fully saturated rings. The Morgan fingerprint density at radius 1 is 1.29 bits per heavy atom. The third-order valence-electron chi connectivity index (χ3n) is 1.97. The summed E-state index contributed by atoms with van der Waals surface area (Å²) < 4.78 is 1.77. The predicted octanol–water partition coefficient (Wildman–Crippen LogP) is 1.61. The zero-order valence-electron chi connectivity index (χ0n) is 8.09. The van der Waals surface area contributed by atoms with Gasteiger partial charge in [-0.05, 0) is 18.6 Å². The van der Waals surface area contributed by atoms with E-state index in [4.69, 9.17) is 0 Å². The van der Waals surface area contributed by atoms with Gasteiger partial charge in [0.15, 0.2) is 0 Å². The van der Waals surface area contributed by atoms with Crippen LogP contribution in [0.5, 0.6) is 0 Å². The van der Waals surface area contributed by atoms with Crippen molar-refractivity contribution in [2.75, 3.05) is 0 Å². The number of hydrogen-bond acceptors (Lipinski definition) is 3. The fourth-order valence-corrected chi connectivity index (χ4v) is 1.29. The second kappa shape index (κ2) is 4.00. The topological polar surface area (TPSA) is 43.6 Å². The summed E-state index contributed by atoms with van der Waals surface area (Å²) >= 11 is 0. The van der Waals surface area contributed by atoms with Crippen molar-refractivity contribution in [2.45, 2.75) is 19.8 Å². The van der Waals surface area contributed by atoms with Crippen molar-refractivity contribution in [3.63, 3.8) is 0 Å². The molecule has 2 heterocycles. The maximum absolute atomic E-state index is 4.07. The quantitative estimate of drug-likeness (QED) is 0.735. The van der Waals surface area contributed by atoms with Gasteiger partial charge in [0.1, 0.15) is 0 Å². The Morgan fingerprint density at radius 2 is 2.07 bits per heavy atom. The first-order valence-electron chi connectivity index (χ1n) is 4.72. The third-order valence-corrected chi connectivity index (χ3v) is 1.97. The van der Waals surface area contributed by atoms with Crippen molar-refractivity contribution in [1.29, 1.82) is 0 Å². The molecule has 2 aromatic rings. The fraction of sp³-hybridized carbons (Fsp3) is 0.300. The maximum Gasteiger partial charge on any atom is 0.0831 e. The van der Waals surface area contributed by atoms with E-state index in [1.54, 1.807) is 17.1 Å². The van der Waals surface area contributed by atoms with E-state index in [1.165, 1.54) is 0 Å². The van der Waals surface area contributed by atoms with Gasteiger partial charge in [-0.3, -0.25) is 4.98 Å². The van der Waals surface area contributed by atoms with Crippen LogP contribution in [-0.4, -0.2) is 20.0 Å². The van der Waals surface area contributed by atoms with Crippen LogP contribution in [0.4, 0.5) is 0 Å². The molecule has 2 aromatic heterocycles. The van der Waals surface area contributed by atoms with Gasteiger partial charge in [-0.2, -0.15) is 0 Å². The second-order valence-corrected chi connectivity index (χ2v) is 3.11. The van der Waals surface area contributed by atoms with Gasteiger partial charge in [0.2, 0.25) is 0 Å². The first-order valence-corrected chi connectivity index (χ1v) is 4.72. The van der Waals surface area contributed by atoms with Gasteiger partial charge < -0.3 is 0 Å². The van der Waals surface area contributed by atoms with Gasteiger partial charge in [0.25, 0.3) is 0 Å². The van der Waals surface area contributed by atoms with Crippen LogP contribution in [0.2, 0.25) is 0 Å². The molecule has 0 aliphatic heterocycles. The van der Waals surface area contributed by atoms with E-state index >= 15 is 0 Å². The largest absolute Gasteiger partial charge is 0.265 e. The van der Waals surface area contributed by atoms with E-state index in [9.17, 15) is 0 Å². The summed E-state index contributed by atoms with van der Waals surface area (Å²) in [5.74, 6) is 0. The van der Waals surface area contributed by atoms with E-state index in [1.807, 2.05) is 18.3 Å². The summed E-state index contributed by atoms with van der Waals surface area (Å²) in [7, 11) is 0. The van der Waals surface area contributed by atoms with Gasteiger partial charge in [-0.25, -0.2) is 4.68 Å². The molecule has 0 amide bonds. The van der Waals surface area contributed by atoms with Crippen molar-refractivity contribution < 1.29 is 0 Å². The standard InChI is InChI=1S/C10H12N4/c1-2-3-9-8-14(13-12-9)10-4-6-11-7-5-10/h4-8H,2-3H2,1H3. The van der Waals surface area contributed by atoms with Gasteiger partial charge >= 0.3 is 0 Å². The Bertz CT molecular complexity index is 394. The third kappa shape index (κ3) is 1.79. The predicted molar refractivity (Wildman–Crippen MR) is 53.1 cm³/mol. The summed E-state index contributed by atoms with van der Waals surface area (Å²) in [6, 6.07) is 3.81. The fourth-order valence-electron chi connectivity index (χ4n) is 1.29. The van der Waals surface area contributed by atoms with E-state index in [2.05, 4.69) is 22.2 Å². The number of aryl methyl sites for hydroxylation is 1. The molecule has 4 nitrogen and oxygen atoms in total. The summed E-state index contributed by atoms with van der Waals surface area (Å²) in [5, 5.41) is 8.12. The molecule has 0 aliphatic rings. The molecule has 0 saturated heterocycles. The van der Waals surface area contributed by atoms with Gasteiger partial charge in [-0.15, -0.1) is 5.10 Å².